The third kappa shape index (κ3) is 20.0. The maximum Gasteiger partial charge on any atom is 0.335 e. The van der Waals surface area contributed by atoms with Gasteiger partial charge in [-0.25, -0.2) is 4.79 Å². The molecule has 0 saturated heterocycles. The van der Waals surface area contributed by atoms with E-state index in [1.165, 1.54) is 57.8 Å². The highest BCUT2D eigenvalue weighted by molar-refractivity contribution is 5.91. The van der Waals surface area contributed by atoms with Crippen LogP contribution in [0.5, 0.6) is 17.2 Å². The first-order valence-corrected chi connectivity index (χ1v) is 17.9. The number of hydrogen-bond donors (Lipinski definition) is 1. The summed E-state index contributed by atoms with van der Waals surface area (Å²) in [5.74, 6) is -3.64. The van der Waals surface area contributed by atoms with Crippen molar-refractivity contribution in [2.45, 2.75) is 175 Å². The van der Waals surface area contributed by atoms with Crippen LogP contribution in [-0.2, 0) is 14.4 Å². The first-order valence-electron chi connectivity index (χ1n) is 17.9. The smallest absolute Gasteiger partial charge is 0.335 e. The number of carbonyl (C=O) groups excluding carboxylic acids is 3. The average molecular weight is 633 g/mol. The fourth-order valence-electron chi connectivity index (χ4n) is 5.14. The Morgan fingerprint density at radius 2 is 0.756 bits per heavy atom. The van der Waals surface area contributed by atoms with Gasteiger partial charge in [0.15, 0.2) is 11.5 Å². The molecule has 1 N–H and O–H groups in total. The molecule has 0 spiro atoms. The van der Waals surface area contributed by atoms with E-state index in [-0.39, 0.29) is 42.1 Å². The van der Waals surface area contributed by atoms with Crippen molar-refractivity contribution in [1.29, 1.82) is 0 Å². The first-order chi connectivity index (χ1) is 21.8. The molecule has 45 heavy (non-hydrogen) atoms. The molecule has 0 amide bonds. The molecule has 0 aromatic heterocycles. The summed E-state index contributed by atoms with van der Waals surface area (Å²) in [4.78, 5) is 50.3. The predicted octanol–water partition coefficient (Wildman–Crippen LogP) is 10.5. The summed E-state index contributed by atoms with van der Waals surface area (Å²) in [5, 5.41) is 9.73. The van der Waals surface area contributed by atoms with Gasteiger partial charge < -0.3 is 19.3 Å². The van der Waals surface area contributed by atoms with Crippen LogP contribution in [0.3, 0.4) is 0 Å². The molecule has 1 rings (SSSR count). The van der Waals surface area contributed by atoms with Crippen molar-refractivity contribution >= 4 is 23.9 Å². The van der Waals surface area contributed by atoms with Gasteiger partial charge in [0.2, 0.25) is 5.75 Å². The first kappa shape index (κ1) is 40.1. The van der Waals surface area contributed by atoms with Crippen molar-refractivity contribution in [2.75, 3.05) is 0 Å². The second kappa shape index (κ2) is 26.3. The summed E-state index contributed by atoms with van der Waals surface area (Å²) in [6.45, 7) is 6.50. The largest absolute Gasteiger partial charge is 0.478 e. The third-order valence-corrected chi connectivity index (χ3v) is 7.88. The maximum absolute atomic E-state index is 12.9. The molecule has 0 aliphatic heterocycles. The van der Waals surface area contributed by atoms with Crippen LogP contribution in [0.1, 0.15) is 185 Å². The minimum Gasteiger partial charge on any atom is -0.478 e. The van der Waals surface area contributed by atoms with Crippen molar-refractivity contribution in [1.82, 2.24) is 0 Å². The number of unbranched alkanes of at least 4 members (excludes halogenated alkanes) is 18. The van der Waals surface area contributed by atoms with Crippen molar-refractivity contribution in [3.8, 4) is 17.2 Å². The minimum atomic E-state index is -1.29. The van der Waals surface area contributed by atoms with E-state index >= 15 is 0 Å². The Kier molecular flexibility index (Phi) is 23.5. The summed E-state index contributed by atoms with van der Waals surface area (Å²) in [7, 11) is 0. The topological polar surface area (TPSA) is 116 Å². The van der Waals surface area contributed by atoms with Gasteiger partial charge in [-0.3, -0.25) is 14.4 Å². The van der Waals surface area contributed by atoms with Crippen LogP contribution in [0.25, 0.3) is 0 Å². The van der Waals surface area contributed by atoms with E-state index in [2.05, 4.69) is 20.8 Å². The average Bonchev–Trinajstić information content (AvgIpc) is 3.01. The lowest BCUT2D eigenvalue weighted by Gasteiger charge is -2.16. The van der Waals surface area contributed by atoms with Gasteiger partial charge in [0.25, 0.3) is 0 Å². The SMILES string of the molecule is CCCCCCCCCC(=O)Oc1cc(C(=O)O)cc(OC(=O)CCCCCCCCC)c1OC(=O)CCCCCCCCC. The predicted molar refractivity (Wildman–Crippen MR) is 178 cm³/mol. The molecule has 0 bridgehead atoms. The number of rotatable bonds is 28. The molecule has 0 radical (unpaired) electrons. The van der Waals surface area contributed by atoms with E-state index in [1.807, 2.05) is 0 Å². The Labute approximate surface area is 272 Å². The molecule has 1 aromatic carbocycles. The van der Waals surface area contributed by atoms with Gasteiger partial charge in [-0.05, 0) is 31.4 Å². The van der Waals surface area contributed by atoms with Crippen molar-refractivity contribution in [2.24, 2.45) is 0 Å². The molecule has 0 aliphatic rings. The van der Waals surface area contributed by atoms with Gasteiger partial charge in [0.1, 0.15) is 0 Å². The number of carboxylic acids is 1. The van der Waals surface area contributed by atoms with Gasteiger partial charge in [-0.15, -0.1) is 0 Å². The fourth-order valence-corrected chi connectivity index (χ4v) is 5.14. The monoisotopic (exact) mass is 632 g/mol. The number of aromatic carboxylic acids is 1. The Morgan fingerprint density at radius 1 is 0.467 bits per heavy atom. The molecule has 0 unspecified atom stereocenters. The normalized spacial score (nSPS) is 10.9. The van der Waals surface area contributed by atoms with Gasteiger partial charge in [0, 0.05) is 19.3 Å². The summed E-state index contributed by atoms with van der Waals surface area (Å²) in [6, 6.07) is 2.30. The molecule has 1 aromatic rings. The van der Waals surface area contributed by atoms with Gasteiger partial charge in [-0.1, -0.05) is 136 Å². The summed E-state index contributed by atoms with van der Waals surface area (Å²) < 4.78 is 16.8. The molecule has 0 heterocycles. The van der Waals surface area contributed by atoms with Crippen LogP contribution in [0.4, 0.5) is 0 Å². The zero-order valence-corrected chi connectivity index (χ0v) is 28.4. The van der Waals surface area contributed by atoms with Crippen molar-refractivity contribution in [3.05, 3.63) is 17.7 Å². The lowest BCUT2D eigenvalue weighted by atomic mass is 10.1. The van der Waals surface area contributed by atoms with E-state index in [0.29, 0.717) is 19.3 Å². The summed E-state index contributed by atoms with van der Waals surface area (Å²) in [5.41, 5.74) is -0.237. The summed E-state index contributed by atoms with van der Waals surface area (Å²) >= 11 is 0. The third-order valence-electron chi connectivity index (χ3n) is 7.88. The number of hydrogen-bond acceptors (Lipinski definition) is 7. The molecular weight excluding hydrogens is 572 g/mol. The highest BCUT2D eigenvalue weighted by Crippen LogP contribution is 2.40. The lowest BCUT2D eigenvalue weighted by Crippen LogP contribution is -2.16. The number of carbonyl (C=O) groups is 4. The van der Waals surface area contributed by atoms with E-state index in [9.17, 15) is 24.3 Å². The van der Waals surface area contributed by atoms with Crippen LogP contribution in [0.2, 0.25) is 0 Å². The highest BCUT2D eigenvalue weighted by Gasteiger charge is 2.24. The summed E-state index contributed by atoms with van der Waals surface area (Å²) in [6.07, 6.45) is 22.1. The fraction of sp³-hybridized carbons (Fsp3) is 0.730. The Balaban J connectivity index is 2.97. The maximum atomic E-state index is 12.9. The second-order valence-electron chi connectivity index (χ2n) is 12.1. The number of esters is 3. The van der Waals surface area contributed by atoms with Crippen molar-refractivity contribution < 1.29 is 38.5 Å². The minimum absolute atomic E-state index is 0.143. The molecule has 0 atom stereocenters. The zero-order valence-electron chi connectivity index (χ0n) is 28.4. The lowest BCUT2D eigenvalue weighted by molar-refractivity contribution is -0.138. The van der Waals surface area contributed by atoms with Crippen LogP contribution in [0, 0.1) is 0 Å². The number of ether oxygens (including phenoxy) is 3. The molecule has 256 valence electrons. The Hall–Kier alpha value is -2.90. The molecule has 0 aliphatic carbocycles. The van der Waals surface area contributed by atoms with Crippen LogP contribution < -0.4 is 14.2 Å². The van der Waals surface area contributed by atoms with E-state index < -0.39 is 23.9 Å². The van der Waals surface area contributed by atoms with E-state index in [1.54, 1.807) is 0 Å². The second-order valence-corrected chi connectivity index (χ2v) is 12.1. The van der Waals surface area contributed by atoms with E-state index in [0.717, 1.165) is 69.9 Å². The zero-order chi connectivity index (χ0) is 33.1. The van der Waals surface area contributed by atoms with Gasteiger partial charge in [-0.2, -0.15) is 0 Å². The molecule has 8 nitrogen and oxygen atoms in total. The Bertz CT molecular complexity index is 934. The quantitative estimate of drug-likeness (QED) is 0.0551. The number of benzene rings is 1. The Morgan fingerprint density at radius 3 is 1.07 bits per heavy atom. The van der Waals surface area contributed by atoms with Crippen LogP contribution in [0.15, 0.2) is 12.1 Å². The standard InChI is InChI=1S/C37H60O8/c1-4-7-10-13-16-19-22-25-33(38)43-31-28-30(37(41)42)29-32(44-34(39)26-23-20-17-14-11-8-5-2)36(31)45-35(40)27-24-21-18-15-12-9-6-3/h28-29H,4-27H2,1-3H3,(H,41,42). The molecule has 0 fully saturated rings. The molecule has 8 heteroatoms. The number of carboxylic acid groups (broad SMARTS) is 1. The highest BCUT2D eigenvalue weighted by atomic mass is 16.6. The molecular formula is C37H60O8. The molecule has 0 saturated carbocycles. The van der Waals surface area contributed by atoms with Gasteiger partial charge in [0.05, 0.1) is 5.56 Å². The van der Waals surface area contributed by atoms with Crippen LogP contribution in [-0.4, -0.2) is 29.0 Å². The van der Waals surface area contributed by atoms with E-state index in [4.69, 9.17) is 14.2 Å². The van der Waals surface area contributed by atoms with Gasteiger partial charge >= 0.3 is 23.9 Å². The van der Waals surface area contributed by atoms with Crippen molar-refractivity contribution in [3.63, 3.8) is 0 Å². The van der Waals surface area contributed by atoms with Crippen LogP contribution >= 0.6 is 0 Å².